The molecule has 0 atom stereocenters. The van der Waals surface area contributed by atoms with Crippen LogP contribution in [-0.2, 0) is 4.74 Å². The summed E-state index contributed by atoms with van der Waals surface area (Å²) in [5, 5.41) is 5.67. The minimum absolute atomic E-state index is 0.0384. The van der Waals surface area contributed by atoms with Crippen LogP contribution in [0.2, 0.25) is 0 Å². The van der Waals surface area contributed by atoms with Crippen LogP contribution in [0.15, 0.2) is 42.5 Å². The zero-order valence-electron chi connectivity index (χ0n) is 18.8. The van der Waals surface area contributed by atoms with Gasteiger partial charge in [0.15, 0.2) is 0 Å². The molecule has 0 unspecified atom stereocenters. The molecular formula is C25H32FN3O3. The fourth-order valence-electron chi connectivity index (χ4n) is 3.78. The predicted octanol–water partition coefficient (Wildman–Crippen LogP) is 4.47. The first-order valence-corrected chi connectivity index (χ1v) is 11.3. The molecule has 2 aromatic carbocycles. The summed E-state index contributed by atoms with van der Waals surface area (Å²) in [6.45, 7) is 7.68. The van der Waals surface area contributed by atoms with Crippen molar-refractivity contribution >= 4 is 23.2 Å². The van der Waals surface area contributed by atoms with E-state index in [2.05, 4.69) is 22.5 Å². The van der Waals surface area contributed by atoms with Gasteiger partial charge in [0.05, 0.1) is 11.1 Å². The Bertz CT molecular complexity index is 926. The number of anilines is 2. The quantitative estimate of drug-likeness (QED) is 0.564. The van der Waals surface area contributed by atoms with Crippen LogP contribution in [0.5, 0.6) is 0 Å². The third-order valence-electron chi connectivity index (χ3n) is 5.70. The Morgan fingerprint density at radius 1 is 1.09 bits per heavy atom. The average Bonchev–Trinajstić information content (AvgIpc) is 2.79. The highest BCUT2D eigenvalue weighted by atomic mass is 19.1. The van der Waals surface area contributed by atoms with Gasteiger partial charge in [-0.15, -0.1) is 0 Å². The van der Waals surface area contributed by atoms with Crippen molar-refractivity contribution in [2.45, 2.75) is 33.1 Å². The maximum atomic E-state index is 14.0. The molecule has 172 valence electrons. The number of hydrogen-bond acceptors (Lipinski definition) is 4. The molecule has 1 saturated heterocycles. The van der Waals surface area contributed by atoms with E-state index in [9.17, 15) is 14.0 Å². The van der Waals surface area contributed by atoms with Gasteiger partial charge in [-0.1, -0.05) is 19.1 Å². The molecule has 3 rings (SSSR count). The molecule has 2 amide bonds. The number of rotatable bonds is 9. The predicted molar refractivity (Wildman–Crippen MR) is 125 cm³/mol. The van der Waals surface area contributed by atoms with E-state index < -0.39 is 11.7 Å². The van der Waals surface area contributed by atoms with E-state index in [1.54, 1.807) is 18.2 Å². The van der Waals surface area contributed by atoms with Gasteiger partial charge in [-0.3, -0.25) is 9.59 Å². The number of piperidine rings is 1. The second-order valence-corrected chi connectivity index (χ2v) is 8.14. The summed E-state index contributed by atoms with van der Waals surface area (Å²) in [4.78, 5) is 27.8. The Hall–Kier alpha value is -2.93. The highest BCUT2D eigenvalue weighted by molar-refractivity contribution is 6.06. The van der Waals surface area contributed by atoms with Crippen molar-refractivity contribution in [3.8, 4) is 0 Å². The van der Waals surface area contributed by atoms with E-state index in [1.165, 1.54) is 18.2 Å². The number of nitrogens with zero attached hydrogens (tertiary/aromatic N) is 1. The summed E-state index contributed by atoms with van der Waals surface area (Å²) in [7, 11) is 0. The second-order valence-electron chi connectivity index (χ2n) is 8.14. The molecule has 2 aromatic rings. The van der Waals surface area contributed by atoms with Gasteiger partial charge < -0.3 is 20.3 Å². The zero-order valence-corrected chi connectivity index (χ0v) is 18.8. The topological polar surface area (TPSA) is 70.7 Å². The van der Waals surface area contributed by atoms with Crippen LogP contribution < -0.4 is 15.5 Å². The van der Waals surface area contributed by atoms with Gasteiger partial charge in [0.1, 0.15) is 5.82 Å². The molecule has 1 aliphatic heterocycles. The number of carbonyl (C=O) groups excluding carboxylic acids is 2. The summed E-state index contributed by atoms with van der Waals surface area (Å²) < 4.78 is 19.3. The lowest BCUT2D eigenvalue weighted by Gasteiger charge is -2.33. The largest absolute Gasteiger partial charge is 0.382 e. The number of amides is 2. The Kier molecular flexibility index (Phi) is 8.62. The van der Waals surface area contributed by atoms with E-state index in [0.717, 1.165) is 38.0 Å². The van der Waals surface area contributed by atoms with E-state index in [-0.39, 0.29) is 11.5 Å². The smallest absolute Gasteiger partial charge is 0.258 e. The lowest BCUT2D eigenvalue weighted by molar-refractivity contribution is 0.0943. The fourth-order valence-corrected chi connectivity index (χ4v) is 3.78. The monoisotopic (exact) mass is 441 g/mol. The highest BCUT2D eigenvalue weighted by Gasteiger charge is 2.22. The average molecular weight is 442 g/mol. The number of benzene rings is 2. The van der Waals surface area contributed by atoms with Crippen molar-refractivity contribution in [3.05, 3.63) is 59.4 Å². The van der Waals surface area contributed by atoms with Crippen molar-refractivity contribution in [1.82, 2.24) is 5.32 Å². The van der Waals surface area contributed by atoms with Gasteiger partial charge >= 0.3 is 0 Å². The van der Waals surface area contributed by atoms with Crippen molar-refractivity contribution in [2.75, 3.05) is 43.1 Å². The van der Waals surface area contributed by atoms with E-state index in [4.69, 9.17) is 4.74 Å². The molecule has 0 saturated carbocycles. The maximum Gasteiger partial charge on any atom is 0.258 e. The number of ether oxygens (including phenoxy) is 1. The molecule has 0 bridgehead atoms. The summed E-state index contributed by atoms with van der Waals surface area (Å²) >= 11 is 0. The molecule has 0 radical (unpaired) electrons. The lowest BCUT2D eigenvalue weighted by Crippen LogP contribution is -2.35. The summed E-state index contributed by atoms with van der Waals surface area (Å²) in [6.07, 6.45) is 2.86. The third kappa shape index (κ3) is 6.29. The maximum absolute atomic E-state index is 14.0. The Balaban J connectivity index is 1.79. The second kappa shape index (κ2) is 11.6. The van der Waals surface area contributed by atoms with Crippen LogP contribution >= 0.6 is 0 Å². The molecular weight excluding hydrogens is 409 g/mol. The number of hydrogen-bond donors (Lipinski definition) is 2. The molecule has 1 aliphatic rings. The van der Waals surface area contributed by atoms with Crippen molar-refractivity contribution in [3.63, 3.8) is 0 Å². The lowest BCUT2D eigenvalue weighted by atomic mass is 9.97. The normalized spacial score (nSPS) is 14.3. The number of nitrogens with one attached hydrogen (secondary N) is 2. The first kappa shape index (κ1) is 23.7. The third-order valence-corrected chi connectivity index (χ3v) is 5.70. The molecule has 7 heteroatoms. The van der Waals surface area contributed by atoms with Crippen LogP contribution in [0.25, 0.3) is 0 Å². The Morgan fingerprint density at radius 2 is 1.84 bits per heavy atom. The highest BCUT2D eigenvalue weighted by Crippen LogP contribution is 2.29. The van der Waals surface area contributed by atoms with Crippen molar-refractivity contribution in [2.24, 2.45) is 5.92 Å². The van der Waals surface area contributed by atoms with Crippen LogP contribution in [0.1, 0.15) is 53.8 Å². The van der Waals surface area contributed by atoms with E-state index in [0.29, 0.717) is 36.9 Å². The SMILES string of the molecule is CCOCCCNC(=O)c1cc(NC(=O)c2ccccc2F)ccc1N1CCC(C)CC1. The van der Waals surface area contributed by atoms with Crippen LogP contribution in [0, 0.1) is 11.7 Å². The summed E-state index contributed by atoms with van der Waals surface area (Å²) in [5.41, 5.74) is 1.76. The van der Waals surface area contributed by atoms with Crippen molar-refractivity contribution < 1.29 is 18.7 Å². The van der Waals surface area contributed by atoms with E-state index >= 15 is 0 Å². The van der Waals surface area contributed by atoms with Gasteiger partial charge in [-0.2, -0.15) is 0 Å². The minimum atomic E-state index is -0.587. The van der Waals surface area contributed by atoms with Gasteiger partial charge in [-0.05, 0) is 62.4 Å². The van der Waals surface area contributed by atoms with Crippen LogP contribution in [-0.4, -0.2) is 44.7 Å². The molecule has 1 fully saturated rings. The van der Waals surface area contributed by atoms with Gasteiger partial charge in [-0.25, -0.2) is 4.39 Å². The summed E-state index contributed by atoms with van der Waals surface area (Å²) in [5.74, 6) is -0.666. The van der Waals surface area contributed by atoms with E-state index in [1.807, 2.05) is 13.0 Å². The number of halogens is 1. The van der Waals surface area contributed by atoms with Gasteiger partial charge in [0.2, 0.25) is 0 Å². The molecule has 0 spiro atoms. The first-order chi connectivity index (χ1) is 15.5. The van der Waals surface area contributed by atoms with Gasteiger partial charge in [0.25, 0.3) is 11.8 Å². The molecule has 32 heavy (non-hydrogen) atoms. The van der Waals surface area contributed by atoms with Gasteiger partial charge in [0, 0.05) is 44.2 Å². The number of carbonyl (C=O) groups is 2. The summed E-state index contributed by atoms with van der Waals surface area (Å²) in [6, 6.07) is 11.1. The zero-order chi connectivity index (χ0) is 22.9. The van der Waals surface area contributed by atoms with Crippen molar-refractivity contribution in [1.29, 1.82) is 0 Å². The molecule has 2 N–H and O–H groups in total. The Morgan fingerprint density at radius 3 is 2.56 bits per heavy atom. The molecule has 1 heterocycles. The molecule has 6 nitrogen and oxygen atoms in total. The molecule has 0 aliphatic carbocycles. The minimum Gasteiger partial charge on any atom is -0.382 e. The standard InChI is InChI=1S/C25H32FN3O3/c1-3-32-16-6-13-27-24(30)21-17-19(28-25(31)20-7-4-5-8-22(20)26)9-10-23(21)29-14-11-18(2)12-15-29/h4-5,7-10,17-18H,3,6,11-16H2,1-2H3,(H,27,30)(H,28,31). The van der Waals surface area contributed by atoms with Crippen LogP contribution in [0.3, 0.4) is 0 Å². The fraction of sp³-hybridized carbons (Fsp3) is 0.440. The van der Waals surface area contributed by atoms with Crippen LogP contribution in [0.4, 0.5) is 15.8 Å². The Labute approximate surface area is 189 Å². The molecule has 0 aromatic heterocycles. The first-order valence-electron chi connectivity index (χ1n) is 11.3.